The largest absolute Gasteiger partial charge is 0.508 e. The van der Waals surface area contributed by atoms with Crippen LogP contribution in [0.15, 0.2) is 97.3 Å². The van der Waals surface area contributed by atoms with Crippen molar-refractivity contribution in [3.63, 3.8) is 0 Å². The fourth-order valence-electron chi connectivity index (χ4n) is 4.77. The Bertz CT molecular complexity index is 1160. The van der Waals surface area contributed by atoms with Crippen molar-refractivity contribution in [3.05, 3.63) is 120 Å². The fraction of sp³-hybridized carbons (Fsp3) is 0.207. The highest BCUT2D eigenvalue weighted by atomic mass is 16.3. The average molecular weight is 452 g/mol. The lowest BCUT2D eigenvalue weighted by Crippen LogP contribution is -2.46. The van der Waals surface area contributed by atoms with Gasteiger partial charge in [-0.2, -0.15) is 0 Å². The zero-order valence-corrected chi connectivity index (χ0v) is 19.1. The zero-order chi connectivity index (χ0) is 23.3. The molecular formula is C29H29N3O2. The Labute approximate surface area is 200 Å². The van der Waals surface area contributed by atoms with E-state index in [9.17, 15) is 10.2 Å². The van der Waals surface area contributed by atoms with Gasteiger partial charge in [-0.05, 0) is 64.7 Å². The van der Waals surface area contributed by atoms with Crippen LogP contribution in [0.25, 0.3) is 0 Å². The maximum Gasteiger partial charge on any atom is 0.115 e. The van der Waals surface area contributed by atoms with E-state index in [4.69, 9.17) is 0 Å². The fourth-order valence-corrected chi connectivity index (χ4v) is 4.77. The van der Waals surface area contributed by atoms with Crippen LogP contribution in [0.1, 0.15) is 28.2 Å². The minimum atomic E-state index is -0.0458. The van der Waals surface area contributed by atoms with Crippen LogP contribution in [-0.4, -0.2) is 46.3 Å². The van der Waals surface area contributed by atoms with Gasteiger partial charge in [0.15, 0.2) is 0 Å². The Kier molecular flexibility index (Phi) is 6.45. The molecule has 0 atom stereocenters. The molecule has 1 fully saturated rings. The molecule has 0 radical (unpaired) electrons. The van der Waals surface area contributed by atoms with Gasteiger partial charge in [-0.15, -0.1) is 0 Å². The maximum absolute atomic E-state index is 9.83. The van der Waals surface area contributed by atoms with Gasteiger partial charge in [0.25, 0.3) is 0 Å². The van der Waals surface area contributed by atoms with Crippen molar-refractivity contribution in [2.45, 2.75) is 12.5 Å². The summed E-state index contributed by atoms with van der Waals surface area (Å²) in [5.41, 5.74) is 5.82. The van der Waals surface area contributed by atoms with Crippen molar-refractivity contribution in [2.75, 3.05) is 31.1 Å². The molecule has 0 amide bonds. The van der Waals surface area contributed by atoms with E-state index in [0.717, 1.165) is 49.4 Å². The number of benzene rings is 3. The Morgan fingerprint density at radius 1 is 0.706 bits per heavy atom. The molecule has 3 aromatic carbocycles. The second-order valence-electron chi connectivity index (χ2n) is 8.79. The standard InChI is InChI=1S/C29H29N3O2/c33-26-10-6-22(7-11-26)29(23-8-12-27(34)13-9-23)28-20-30-15-14-24(28)21-31-16-18-32(19-17-31)25-4-2-1-3-5-25/h1-15,20,29,33-34H,16-19,21H2. The molecule has 0 spiro atoms. The number of para-hydroxylation sites is 1. The molecule has 0 bridgehead atoms. The third-order valence-electron chi connectivity index (χ3n) is 6.60. The number of hydrogen-bond acceptors (Lipinski definition) is 5. The highest BCUT2D eigenvalue weighted by Crippen LogP contribution is 2.35. The number of phenolic OH excluding ortho intramolecular Hbond substituents is 2. The Balaban J connectivity index is 1.41. The predicted molar refractivity (Wildman–Crippen MR) is 135 cm³/mol. The molecule has 0 aliphatic carbocycles. The normalized spacial score (nSPS) is 14.4. The second kappa shape index (κ2) is 9.98. The molecule has 1 aliphatic heterocycles. The van der Waals surface area contributed by atoms with E-state index in [-0.39, 0.29) is 17.4 Å². The Hall–Kier alpha value is -3.83. The number of aromatic nitrogens is 1. The van der Waals surface area contributed by atoms with Crippen LogP contribution in [0.5, 0.6) is 11.5 Å². The quantitative estimate of drug-likeness (QED) is 0.432. The summed E-state index contributed by atoms with van der Waals surface area (Å²) in [6.45, 7) is 4.86. The monoisotopic (exact) mass is 451 g/mol. The van der Waals surface area contributed by atoms with E-state index in [2.05, 4.69) is 51.2 Å². The molecule has 1 aromatic heterocycles. The van der Waals surface area contributed by atoms with E-state index in [0.29, 0.717) is 0 Å². The topological polar surface area (TPSA) is 59.8 Å². The summed E-state index contributed by atoms with van der Waals surface area (Å²) in [5.74, 6) is 0.447. The van der Waals surface area contributed by atoms with Gasteiger partial charge in [0, 0.05) is 56.7 Å². The summed E-state index contributed by atoms with van der Waals surface area (Å²) in [7, 11) is 0. The molecule has 2 heterocycles. The van der Waals surface area contributed by atoms with E-state index in [1.54, 1.807) is 24.3 Å². The van der Waals surface area contributed by atoms with Gasteiger partial charge < -0.3 is 15.1 Å². The van der Waals surface area contributed by atoms with Crippen LogP contribution in [-0.2, 0) is 6.54 Å². The lowest BCUT2D eigenvalue weighted by Gasteiger charge is -2.36. The van der Waals surface area contributed by atoms with Gasteiger partial charge in [0.05, 0.1) is 0 Å². The van der Waals surface area contributed by atoms with Gasteiger partial charge in [-0.3, -0.25) is 9.88 Å². The van der Waals surface area contributed by atoms with Crippen LogP contribution in [0.4, 0.5) is 5.69 Å². The molecule has 5 heteroatoms. The number of anilines is 1. The number of pyridine rings is 1. The van der Waals surface area contributed by atoms with Crippen LogP contribution >= 0.6 is 0 Å². The van der Waals surface area contributed by atoms with Crippen molar-refractivity contribution in [1.29, 1.82) is 0 Å². The van der Waals surface area contributed by atoms with Crippen LogP contribution in [0, 0.1) is 0 Å². The van der Waals surface area contributed by atoms with Gasteiger partial charge in [-0.1, -0.05) is 42.5 Å². The van der Waals surface area contributed by atoms with Crippen molar-refractivity contribution >= 4 is 5.69 Å². The van der Waals surface area contributed by atoms with Crippen LogP contribution in [0.3, 0.4) is 0 Å². The van der Waals surface area contributed by atoms with Gasteiger partial charge in [0.1, 0.15) is 11.5 Å². The third kappa shape index (κ3) is 4.90. The number of aromatic hydroxyl groups is 2. The molecule has 2 N–H and O–H groups in total. The van der Waals surface area contributed by atoms with Crippen LogP contribution < -0.4 is 4.90 Å². The van der Waals surface area contributed by atoms with E-state index in [1.807, 2.05) is 36.7 Å². The van der Waals surface area contributed by atoms with Crippen molar-refractivity contribution in [1.82, 2.24) is 9.88 Å². The highest BCUT2D eigenvalue weighted by molar-refractivity contribution is 5.48. The minimum Gasteiger partial charge on any atom is -0.508 e. The highest BCUT2D eigenvalue weighted by Gasteiger charge is 2.23. The average Bonchev–Trinajstić information content (AvgIpc) is 2.88. The molecule has 5 nitrogen and oxygen atoms in total. The molecule has 34 heavy (non-hydrogen) atoms. The third-order valence-corrected chi connectivity index (χ3v) is 6.60. The molecule has 0 saturated carbocycles. The number of phenols is 2. The zero-order valence-electron chi connectivity index (χ0n) is 19.1. The molecule has 172 valence electrons. The summed E-state index contributed by atoms with van der Waals surface area (Å²) in [6, 6.07) is 27.5. The molecule has 1 saturated heterocycles. The van der Waals surface area contributed by atoms with Gasteiger partial charge in [0.2, 0.25) is 0 Å². The summed E-state index contributed by atoms with van der Waals surface area (Å²) >= 11 is 0. The predicted octanol–water partition coefficient (Wildman–Crippen LogP) is 5.00. The summed E-state index contributed by atoms with van der Waals surface area (Å²) in [6.07, 6.45) is 3.82. The summed E-state index contributed by atoms with van der Waals surface area (Å²) < 4.78 is 0. The van der Waals surface area contributed by atoms with E-state index >= 15 is 0 Å². The maximum atomic E-state index is 9.83. The molecule has 0 unspecified atom stereocenters. The molecule has 1 aliphatic rings. The first-order chi connectivity index (χ1) is 16.7. The van der Waals surface area contributed by atoms with Crippen molar-refractivity contribution in [2.24, 2.45) is 0 Å². The molecule has 4 aromatic rings. The van der Waals surface area contributed by atoms with Crippen molar-refractivity contribution < 1.29 is 10.2 Å². The first-order valence-electron chi connectivity index (χ1n) is 11.7. The lowest BCUT2D eigenvalue weighted by molar-refractivity contribution is 0.249. The van der Waals surface area contributed by atoms with Gasteiger partial charge >= 0.3 is 0 Å². The minimum absolute atomic E-state index is 0.0458. The van der Waals surface area contributed by atoms with Crippen molar-refractivity contribution in [3.8, 4) is 11.5 Å². The number of piperazine rings is 1. The SMILES string of the molecule is Oc1ccc(C(c2ccc(O)cc2)c2cnccc2CN2CCN(c3ccccc3)CC2)cc1. The van der Waals surface area contributed by atoms with Gasteiger partial charge in [-0.25, -0.2) is 0 Å². The number of rotatable bonds is 6. The first-order valence-corrected chi connectivity index (χ1v) is 11.7. The van der Waals surface area contributed by atoms with Crippen LogP contribution in [0.2, 0.25) is 0 Å². The number of hydrogen-bond donors (Lipinski definition) is 2. The first kappa shape index (κ1) is 22.0. The molecule has 5 rings (SSSR count). The summed E-state index contributed by atoms with van der Waals surface area (Å²) in [4.78, 5) is 9.42. The molecular weight excluding hydrogens is 422 g/mol. The van der Waals surface area contributed by atoms with E-state index in [1.165, 1.54) is 11.3 Å². The van der Waals surface area contributed by atoms with E-state index < -0.39 is 0 Å². The Morgan fingerprint density at radius 2 is 1.29 bits per heavy atom. The smallest absolute Gasteiger partial charge is 0.115 e. The number of nitrogens with zero attached hydrogens (tertiary/aromatic N) is 3. The summed E-state index contributed by atoms with van der Waals surface area (Å²) in [5, 5.41) is 19.7. The Morgan fingerprint density at radius 3 is 1.88 bits per heavy atom. The second-order valence-corrected chi connectivity index (χ2v) is 8.79. The lowest BCUT2D eigenvalue weighted by atomic mass is 9.83.